The van der Waals surface area contributed by atoms with Gasteiger partial charge in [-0.25, -0.2) is 9.79 Å². The van der Waals surface area contributed by atoms with Gasteiger partial charge in [-0.3, -0.25) is 19.3 Å². The maximum absolute atomic E-state index is 14.0. The maximum Gasteiger partial charge on any atom is 0.328 e. The highest BCUT2D eigenvalue weighted by Crippen LogP contribution is 2.29. The first kappa shape index (κ1) is 30.2. The van der Waals surface area contributed by atoms with Gasteiger partial charge in [-0.2, -0.15) is 24.4 Å². The van der Waals surface area contributed by atoms with E-state index in [1.165, 1.54) is 35.7 Å². The summed E-state index contributed by atoms with van der Waals surface area (Å²) in [7, 11) is 2.70. The summed E-state index contributed by atoms with van der Waals surface area (Å²) in [5, 5.41) is 2.69. The van der Waals surface area contributed by atoms with Crippen LogP contribution in [0, 0.1) is 0 Å². The lowest BCUT2D eigenvalue weighted by molar-refractivity contribution is -0.145. The molecule has 0 bridgehead atoms. The van der Waals surface area contributed by atoms with Gasteiger partial charge in [-0.1, -0.05) is 48.5 Å². The quantitative estimate of drug-likeness (QED) is 0.274. The summed E-state index contributed by atoms with van der Waals surface area (Å²) >= 11 is 5.65. The first-order valence-corrected chi connectivity index (χ1v) is 14.3. The van der Waals surface area contributed by atoms with E-state index in [0.717, 1.165) is 5.56 Å². The van der Waals surface area contributed by atoms with E-state index in [-0.39, 0.29) is 5.75 Å². The fourth-order valence-electron chi connectivity index (χ4n) is 4.13. The lowest BCUT2D eigenvalue weighted by atomic mass is 10.0. The number of amides is 3. The van der Waals surface area contributed by atoms with E-state index in [4.69, 9.17) is 15.5 Å². The number of hydrogen-bond donors (Lipinski definition) is 3. The number of likely N-dealkylation sites (N-methyl/N-ethyl adjacent to an activating group) is 1. The molecule has 3 rings (SSSR count). The molecule has 39 heavy (non-hydrogen) atoms. The second-order valence-electron chi connectivity index (χ2n) is 8.82. The number of rotatable bonds is 11. The Hall–Kier alpha value is -3.35. The summed E-state index contributed by atoms with van der Waals surface area (Å²) in [6.07, 6.45) is 0.962. The van der Waals surface area contributed by atoms with Gasteiger partial charge in [0.2, 0.25) is 18.0 Å². The van der Waals surface area contributed by atoms with E-state index in [2.05, 4.69) is 17.9 Å². The van der Waals surface area contributed by atoms with Gasteiger partial charge in [0, 0.05) is 23.9 Å². The number of para-hydroxylation sites is 1. The van der Waals surface area contributed by atoms with Crippen molar-refractivity contribution in [1.82, 2.24) is 10.2 Å². The molecule has 1 aliphatic heterocycles. The summed E-state index contributed by atoms with van der Waals surface area (Å²) in [5.41, 5.74) is 8.21. The van der Waals surface area contributed by atoms with Crippen molar-refractivity contribution in [2.24, 2.45) is 10.7 Å². The van der Waals surface area contributed by atoms with Crippen LogP contribution in [0.5, 0.6) is 0 Å². The monoisotopic (exact) mass is 571 g/mol. The largest absolute Gasteiger partial charge is 0.467 e. The van der Waals surface area contributed by atoms with E-state index in [0.29, 0.717) is 29.1 Å². The zero-order chi connectivity index (χ0) is 28.5. The van der Waals surface area contributed by atoms with Crippen LogP contribution in [0.15, 0.2) is 59.6 Å². The van der Waals surface area contributed by atoms with Gasteiger partial charge in [0.1, 0.15) is 12.6 Å². The normalized spacial score (nSPS) is 16.3. The third kappa shape index (κ3) is 7.20. The molecule has 0 fully saturated rings. The fourth-order valence-corrected chi connectivity index (χ4v) is 4.75. The lowest BCUT2D eigenvalue weighted by Gasteiger charge is -2.30. The molecule has 2 aromatic carbocycles. The number of thioether (sulfide) groups is 1. The third-order valence-corrected chi connectivity index (χ3v) is 7.23. The molecule has 0 radical (unpaired) electrons. The number of ether oxygens (including phenoxy) is 1. The molecular weight excluding hydrogens is 538 g/mol. The standard InChI is InChI=1S/C27H33N5O5S2/c1-31(25(34)19(28)16-38)24-26(35)32(15-22(33)29-20(13-14-39-3)27(36)37-2)21-12-8-7-11-18(21)23(30-24)17-9-5-4-6-10-17/h4-12,19-20,24,38H,13-16,28H2,1-3H3,(H,29,33). The van der Waals surface area contributed by atoms with Gasteiger partial charge < -0.3 is 20.7 Å². The van der Waals surface area contributed by atoms with Crippen molar-refractivity contribution in [2.75, 3.05) is 43.4 Å². The van der Waals surface area contributed by atoms with E-state index in [9.17, 15) is 19.2 Å². The molecule has 208 valence electrons. The molecule has 1 heterocycles. The van der Waals surface area contributed by atoms with Gasteiger partial charge in [0.25, 0.3) is 5.91 Å². The predicted octanol–water partition coefficient (Wildman–Crippen LogP) is 1.32. The predicted molar refractivity (Wildman–Crippen MR) is 156 cm³/mol. The van der Waals surface area contributed by atoms with Crippen molar-refractivity contribution in [2.45, 2.75) is 24.7 Å². The van der Waals surface area contributed by atoms with Crippen molar-refractivity contribution in [3.05, 3.63) is 65.7 Å². The molecule has 3 N–H and O–H groups in total. The zero-order valence-electron chi connectivity index (χ0n) is 22.1. The number of fused-ring (bicyclic) bond motifs is 1. The van der Waals surface area contributed by atoms with Crippen LogP contribution in [-0.2, 0) is 23.9 Å². The van der Waals surface area contributed by atoms with E-state index in [1.54, 1.807) is 18.2 Å². The van der Waals surface area contributed by atoms with E-state index < -0.39 is 48.5 Å². The number of benzodiazepines with no additional fused rings is 1. The van der Waals surface area contributed by atoms with Crippen LogP contribution in [0.25, 0.3) is 0 Å². The summed E-state index contributed by atoms with van der Waals surface area (Å²) < 4.78 is 4.84. The van der Waals surface area contributed by atoms with E-state index >= 15 is 0 Å². The summed E-state index contributed by atoms with van der Waals surface area (Å²) in [4.78, 5) is 59.7. The molecular formula is C27H33N5O5S2. The molecule has 0 spiro atoms. The van der Waals surface area contributed by atoms with Gasteiger partial charge in [-0.15, -0.1) is 0 Å². The maximum atomic E-state index is 14.0. The van der Waals surface area contributed by atoms with Crippen molar-refractivity contribution in [1.29, 1.82) is 0 Å². The van der Waals surface area contributed by atoms with Crippen LogP contribution in [0.2, 0.25) is 0 Å². The number of benzene rings is 2. The topological polar surface area (TPSA) is 134 Å². The highest BCUT2D eigenvalue weighted by Gasteiger charge is 2.38. The fraction of sp³-hybridized carbons (Fsp3) is 0.370. The molecule has 3 unspecified atom stereocenters. The molecule has 0 saturated heterocycles. The van der Waals surface area contributed by atoms with Crippen LogP contribution in [0.1, 0.15) is 17.5 Å². The minimum atomic E-state index is -1.30. The van der Waals surface area contributed by atoms with Gasteiger partial charge in [-0.05, 0) is 24.5 Å². The number of thiol groups is 1. The highest BCUT2D eigenvalue weighted by molar-refractivity contribution is 7.98. The Morgan fingerprint density at radius 3 is 2.49 bits per heavy atom. The average Bonchev–Trinajstić information content (AvgIpc) is 3.08. The first-order chi connectivity index (χ1) is 18.7. The Morgan fingerprint density at radius 2 is 1.85 bits per heavy atom. The van der Waals surface area contributed by atoms with Gasteiger partial charge in [0.15, 0.2) is 0 Å². The number of nitrogens with zero attached hydrogens (tertiary/aromatic N) is 3. The summed E-state index contributed by atoms with van der Waals surface area (Å²) in [6, 6.07) is 14.5. The molecule has 3 amide bonds. The second kappa shape index (κ2) is 14.2. The number of carbonyl (C=O) groups excluding carboxylic acids is 4. The SMILES string of the molecule is COC(=O)C(CCSC)NC(=O)CN1C(=O)C(N(C)C(=O)C(N)CS)N=C(c2ccccc2)c2ccccc21. The Morgan fingerprint density at radius 1 is 1.18 bits per heavy atom. The first-order valence-electron chi connectivity index (χ1n) is 12.3. The average molecular weight is 572 g/mol. The molecule has 2 aromatic rings. The van der Waals surface area contributed by atoms with Crippen molar-refractivity contribution in [3.8, 4) is 0 Å². The number of carbonyl (C=O) groups is 4. The molecule has 0 aromatic heterocycles. The number of nitrogens with one attached hydrogen (secondary N) is 1. The molecule has 0 aliphatic carbocycles. The van der Waals surface area contributed by atoms with Gasteiger partial charge in [0.05, 0.1) is 24.6 Å². The number of hydrogen-bond acceptors (Lipinski definition) is 9. The molecule has 3 atom stereocenters. The van der Waals surface area contributed by atoms with Crippen LogP contribution in [0.4, 0.5) is 5.69 Å². The number of esters is 1. The van der Waals surface area contributed by atoms with Gasteiger partial charge >= 0.3 is 5.97 Å². The molecule has 12 heteroatoms. The number of anilines is 1. The minimum Gasteiger partial charge on any atom is -0.467 e. The number of aliphatic imine (C=N–C) groups is 1. The molecule has 10 nitrogen and oxygen atoms in total. The number of methoxy groups -OCH3 is 1. The third-order valence-electron chi connectivity index (χ3n) is 6.20. The van der Waals surface area contributed by atoms with E-state index in [1.807, 2.05) is 42.7 Å². The minimum absolute atomic E-state index is 0.0800. The van der Waals surface area contributed by atoms with Crippen LogP contribution in [0.3, 0.4) is 0 Å². The van der Waals surface area contributed by atoms with Crippen LogP contribution in [-0.4, -0.2) is 91.0 Å². The Labute approximate surface area is 237 Å². The summed E-state index contributed by atoms with van der Waals surface area (Å²) in [6.45, 7) is -0.405. The second-order valence-corrected chi connectivity index (χ2v) is 10.2. The number of nitrogens with two attached hydrogens (primary N) is 1. The molecule has 0 saturated carbocycles. The van der Waals surface area contributed by atoms with Crippen molar-refractivity contribution < 1.29 is 23.9 Å². The van der Waals surface area contributed by atoms with Crippen molar-refractivity contribution >= 4 is 59.5 Å². The van der Waals surface area contributed by atoms with Crippen LogP contribution < -0.4 is 16.0 Å². The molecule has 1 aliphatic rings. The Bertz CT molecular complexity index is 1230. The Kier molecular flexibility index (Phi) is 11.0. The zero-order valence-corrected chi connectivity index (χ0v) is 23.8. The van der Waals surface area contributed by atoms with Crippen molar-refractivity contribution in [3.63, 3.8) is 0 Å². The smallest absolute Gasteiger partial charge is 0.328 e. The summed E-state index contributed by atoms with van der Waals surface area (Å²) in [5.74, 6) is -1.53. The lowest BCUT2D eigenvalue weighted by Crippen LogP contribution is -2.55. The highest BCUT2D eigenvalue weighted by atomic mass is 32.2. The Balaban J connectivity index is 2.06. The van der Waals surface area contributed by atoms with Crippen LogP contribution >= 0.6 is 24.4 Å².